The molecule has 0 spiro atoms. The highest BCUT2D eigenvalue weighted by Gasteiger charge is 2.39. The van der Waals surface area contributed by atoms with Crippen LogP contribution in [0, 0.1) is 5.41 Å². The highest BCUT2D eigenvalue weighted by Crippen LogP contribution is 2.26. The Bertz CT molecular complexity index is 338. The first-order chi connectivity index (χ1) is 6.12. The molecular weight excluding hydrogens is 166 g/mol. The largest absolute Gasteiger partial charge is 0.315 e. The van der Waals surface area contributed by atoms with E-state index in [-0.39, 0.29) is 11.2 Å². The van der Waals surface area contributed by atoms with Crippen LogP contribution in [-0.2, 0) is 7.05 Å². The Morgan fingerprint density at radius 1 is 1.69 bits per heavy atom. The minimum atomic E-state index is -0.205. The van der Waals surface area contributed by atoms with Gasteiger partial charge in [0.1, 0.15) is 0 Å². The van der Waals surface area contributed by atoms with Gasteiger partial charge < -0.3 is 5.32 Å². The molecule has 1 N–H and O–H groups in total. The zero-order chi connectivity index (χ0) is 9.47. The Kier molecular flexibility index (Phi) is 1.73. The van der Waals surface area contributed by atoms with Crippen molar-refractivity contribution in [3.05, 3.63) is 18.0 Å². The highest BCUT2D eigenvalue weighted by atomic mass is 16.1. The van der Waals surface area contributed by atoms with Crippen molar-refractivity contribution in [3.63, 3.8) is 0 Å². The van der Waals surface area contributed by atoms with Crippen molar-refractivity contribution < 1.29 is 4.79 Å². The topological polar surface area (TPSA) is 46.9 Å². The van der Waals surface area contributed by atoms with E-state index < -0.39 is 0 Å². The van der Waals surface area contributed by atoms with Gasteiger partial charge in [0.25, 0.3) is 0 Å². The molecular formula is C9H13N3O. The monoisotopic (exact) mass is 179 g/mol. The van der Waals surface area contributed by atoms with Gasteiger partial charge in [-0.3, -0.25) is 9.48 Å². The molecule has 0 aliphatic carbocycles. The fourth-order valence-corrected chi connectivity index (χ4v) is 1.55. The summed E-state index contributed by atoms with van der Waals surface area (Å²) in [6.07, 6.45) is 3.40. The standard InChI is InChI=1S/C9H13N3O/c1-9(5-10-6-9)8(13)7-3-11-12(2)4-7/h3-4,10H,5-6H2,1-2H3. The Morgan fingerprint density at radius 3 is 2.77 bits per heavy atom. The smallest absolute Gasteiger partial charge is 0.174 e. The minimum Gasteiger partial charge on any atom is -0.315 e. The number of nitrogens with zero attached hydrogens (tertiary/aromatic N) is 2. The molecule has 70 valence electrons. The van der Waals surface area contributed by atoms with Gasteiger partial charge in [0.2, 0.25) is 0 Å². The molecule has 0 aromatic carbocycles. The molecule has 4 heteroatoms. The molecule has 1 aromatic rings. The van der Waals surface area contributed by atoms with Crippen LogP contribution in [0.1, 0.15) is 17.3 Å². The molecule has 1 saturated heterocycles. The molecule has 0 atom stereocenters. The van der Waals surface area contributed by atoms with Gasteiger partial charge in [-0.15, -0.1) is 0 Å². The van der Waals surface area contributed by atoms with Crippen molar-refractivity contribution in [2.45, 2.75) is 6.92 Å². The number of carbonyl (C=O) groups excluding carboxylic acids is 1. The summed E-state index contributed by atoms with van der Waals surface area (Å²) in [5, 5.41) is 7.10. The third-order valence-corrected chi connectivity index (χ3v) is 2.55. The highest BCUT2D eigenvalue weighted by molar-refractivity contribution is 6.00. The van der Waals surface area contributed by atoms with E-state index in [0.717, 1.165) is 13.1 Å². The van der Waals surface area contributed by atoms with Crippen LogP contribution in [0.2, 0.25) is 0 Å². The Morgan fingerprint density at radius 2 is 2.38 bits per heavy atom. The molecule has 0 radical (unpaired) electrons. The van der Waals surface area contributed by atoms with E-state index in [1.165, 1.54) is 0 Å². The van der Waals surface area contributed by atoms with Gasteiger partial charge in [0.05, 0.1) is 17.2 Å². The summed E-state index contributed by atoms with van der Waals surface area (Å²) in [6.45, 7) is 3.54. The summed E-state index contributed by atoms with van der Waals surface area (Å²) in [6, 6.07) is 0. The van der Waals surface area contributed by atoms with Crippen LogP contribution < -0.4 is 5.32 Å². The Labute approximate surface area is 76.9 Å². The average Bonchev–Trinajstić information content (AvgIpc) is 2.46. The number of aromatic nitrogens is 2. The van der Waals surface area contributed by atoms with E-state index in [2.05, 4.69) is 10.4 Å². The first kappa shape index (κ1) is 8.44. The van der Waals surface area contributed by atoms with E-state index in [0.29, 0.717) is 5.56 Å². The van der Waals surface area contributed by atoms with Crippen LogP contribution in [0.15, 0.2) is 12.4 Å². The zero-order valence-corrected chi connectivity index (χ0v) is 7.87. The minimum absolute atomic E-state index is 0.194. The normalized spacial score (nSPS) is 19.5. The second-order valence-corrected chi connectivity index (χ2v) is 3.90. The van der Waals surface area contributed by atoms with Gasteiger partial charge in [-0.25, -0.2) is 0 Å². The second kappa shape index (κ2) is 2.67. The van der Waals surface area contributed by atoms with Crippen LogP contribution in [0.5, 0.6) is 0 Å². The summed E-state index contributed by atoms with van der Waals surface area (Å²) in [4.78, 5) is 11.9. The Balaban J connectivity index is 2.22. The first-order valence-corrected chi connectivity index (χ1v) is 4.36. The summed E-state index contributed by atoms with van der Waals surface area (Å²) in [7, 11) is 1.82. The van der Waals surface area contributed by atoms with E-state index in [9.17, 15) is 4.79 Å². The van der Waals surface area contributed by atoms with Crippen molar-refractivity contribution in [2.24, 2.45) is 12.5 Å². The number of nitrogens with one attached hydrogen (secondary N) is 1. The van der Waals surface area contributed by atoms with Gasteiger partial charge in [-0.1, -0.05) is 0 Å². The number of hydrogen-bond donors (Lipinski definition) is 1. The van der Waals surface area contributed by atoms with E-state index in [1.54, 1.807) is 17.1 Å². The lowest BCUT2D eigenvalue weighted by Crippen LogP contribution is -2.56. The number of Topliss-reactive ketones (excluding diaryl/α,β-unsaturated/α-hetero) is 1. The zero-order valence-electron chi connectivity index (χ0n) is 7.87. The molecule has 13 heavy (non-hydrogen) atoms. The maximum absolute atomic E-state index is 11.9. The molecule has 1 fully saturated rings. The summed E-state index contributed by atoms with van der Waals surface area (Å²) in [5.74, 6) is 0.194. The van der Waals surface area contributed by atoms with Crippen molar-refractivity contribution in [3.8, 4) is 0 Å². The van der Waals surface area contributed by atoms with Crippen LogP contribution in [0.3, 0.4) is 0 Å². The molecule has 0 saturated carbocycles. The average molecular weight is 179 g/mol. The van der Waals surface area contributed by atoms with Crippen molar-refractivity contribution in [2.75, 3.05) is 13.1 Å². The van der Waals surface area contributed by atoms with Gasteiger partial charge in [-0.2, -0.15) is 5.10 Å². The summed E-state index contributed by atoms with van der Waals surface area (Å²) >= 11 is 0. The Hall–Kier alpha value is -1.16. The van der Waals surface area contributed by atoms with Crippen LogP contribution in [-0.4, -0.2) is 28.7 Å². The van der Waals surface area contributed by atoms with E-state index in [1.807, 2.05) is 14.0 Å². The molecule has 1 aromatic heterocycles. The second-order valence-electron chi connectivity index (χ2n) is 3.90. The van der Waals surface area contributed by atoms with Gasteiger partial charge in [0.15, 0.2) is 5.78 Å². The SMILES string of the molecule is Cn1cc(C(=O)C2(C)CNC2)cn1. The van der Waals surface area contributed by atoms with Crippen molar-refractivity contribution in [1.29, 1.82) is 0 Å². The fraction of sp³-hybridized carbons (Fsp3) is 0.556. The van der Waals surface area contributed by atoms with Crippen LogP contribution in [0.4, 0.5) is 0 Å². The molecule has 0 bridgehead atoms. The van der Waals surface area contributed by atoms with E-state index >= 15 is 0 Å². The molecule has 1 aliphatic rings. The maximum atomic E-state index is 11.9. The fourth-order valence-electron chi connectivity index (χ4n) is 1.55. The number of carbonyl (C=O) groups is 1. The van der Waals surface area contributed by atoms with Crippen LogP contribution in [0.25, 0.3) is 0 Å². The van der Waals surface area contributed by atoms with E-state index in [4.69, 9.17) is 0 Å². The number of rotatable bonds is 2. The quantitative estimate of drug-likeness (QED) is 0.660. The molecule has 0 amide bonds. The predicted molar refractivity (Wildman–Crippen MR) is 48.5 cm³/mol. The maximum Gasteiger partial charge on any atom is 0.174 e. The third-order valence-electron chi connectivity index (χ3n) is 2.55. The molecule has 2 rings (SSSR count). The summed E-state index contributed by atoms with van der Waals surface area (Å²) < 4.78 is 1.66. The summed E-state index contributed by atoms with van der Waals surface area (Å²) in [5.41, 5.74) is 0.509. The molecule has 0 unspecified atom stereocenters. The van der Waals surface area contributed by atoms with Crippen molar-refractivity contribution in [1.82, 2.24) is 15.1 Å². The van der Waals surface area contributed by atoms with Gasteiger partial charge in [-0.05, 0) is 6.92 Å². The lowest BCUT2D eigenvalue weighted by atomic mass is 9.78. The number of hydrogen-bond acceptors (Lipinski definition) is 3. The lowest BCUT2D eigenvalue weighted by molar-refractivity contribution is 0.0721. The first-order valence-electron chi connectivity index (χ1n) is 4.36. The predicted octanol–water partition coefficient (Wildman–Crippen LogP) is 0.212. The molecule has 2 heterocycles. The lowest BCUT2D eigenvalue weighted by Gasteiger charge is -2.37. The van der Waals surface area contributed by atoms with Gasteiger partial charge >= 0.3 is 0 Å². The van der Waals surface area contributed by atoms with Crippen LogP contribution >= 0.6 is 0 Å². The number of aryl methyl sites for hydroxylation is 1. The van der Waals surface area contributed by atoms with Gasteiger partial charge in [0, 0.05) is 26.3 Å². The molecule has 1 aliphatic heterocycles. The molecule has 4 nitrogen and oxygen atoms in total. The third kappa shape index (κ3) is 1.27. The van der Waals surface area contributed by atoms with Crippen molar-refractivity contribution >= 4 is 5.78 Å². The number of ketones is 1.